The molecule has 0 aromatic carbocycles. The van der Waals surface area contributed by atoms with Gasteiger partial charge in [-0.15, -0.1) is 0 Å². The fourth-order valence-corrected chi connectivity index (χ4v) is 3.50. The topological polar surface area (TPSA) is 60.0 Å². The monoisotopic (exact) mass is 273 g/mol. The SMILES string of the molecule is CCN(c1nccc2c1ncn2C)C1CCCC1CN. The van der Waals surface area contributed by atoms with Gasteiger partial charge in [0.05, 0.1) is 11.8 Å². The van der Waals surface area contributed by atoms with E-state index in [9.17, 15) is 0 Å². The van der Waals surface area contributed by atoms with Crippen molar-refractivity contribution in [2.45, 2.75) is 32.2 Å². The predicted molar refractivity (Wildman–Crippen MR) is 81.7 cm³/mol. The number of pyridine rings is 1. The number of aromatic nitrogens is 3. The summed E-state index contributed by atoms with van der Waals surface area (Å²) in [5, 5.41) is 0. The molecular formula is C15H23N5. The molecule has 5 heteroatoms. The first-order valence-electron chi connectivity index (χ1n) is 7.49. The largest absolute Gasteiger partial charge is 0.352 e. The smallest absolute Gasteiger partial charge is 0.156 e. The van der Waals surface area contributed by atoms with Crippen molar-refractivity contribution in [1.82, 2.24) is 14.5 Å². The van der Waals surface area contributed by atoms with E-state index in [1.165, 1.54) is 19.3 Å². The Balaban J connectivity index is 2.03. The number of anilines is 1. The van der Waals surface area contributed by atoms with Gasteiger partial charge in [-0.2, -0.15) is 0 Å². The Morgan fingerprint density at radius 2 is 2.25 bits per heavy atom. The van der Waals surface area contributed by atoms with Gasteiger partial charge >= 0.3 is 0 Å². The van der Waals surface area contributed by atoms with E-state index in [1.54, 1.807) is 0 Å². The second-order valence-corrected chi connectivity index (χ2v) is 5.64. The fourth-order valence-electron chi connectivity index (χ4n) is 3.50. The number of hydrogen-bond acceptors (Lipinski definition) is 4. The number of aryl methyl sites for hydroxylation is 1. The van der Waals surface area contributed by atoms with E-state index in [0.717, 1.165) is 29.9 Å². The Kier molecular flexibility index (Phi) is 3.61. The molecule has 0 saturated heterocycles. The third-order valence-electron chi connectivity index (χ3n) is 4.56. The second-order valence-electron chi connectivity index (χ2n) is 5.64. The van der Waals surface area contributed by atoms with Gasteiger partial charge < -0.3 is 15.2 Å². The maximum Gasteiger partial charge on any atom is 0.156 e. The lowest BCUT2D eigenvalue weighted by Crippen LogP contribution is -2.41. The maximum absolute atomic E-state index is 5.94. The van der Waals surface area contributed by atoms with Gasteiger partial charge in [0, 0.05) is 25.8 Å². The molecule has 2 aromatic rings. The van der Waals surface area contributed by atoms with Crippen LogP contribution in [0.25, 0.3) is 11.0 Å². The predicted octanol–water partition coefficient (Wildman–Crippen LogP) is 1.92. The molecule has 0 spiro atoms. The second kappa shape index (κ2) is 5.40. The van der Waals surface area contributed by atoms with Crippen molar-refractivity contribution in [2.24, 2.45) is 18.7 Å². The van der Waals surface area contributed by atoms with Gasteiger partial charge in [0.15, 0.2) is 5.82 Å². The highest BCUT2D eigenvalue weighted by molar-refractivity contribution is 5.86. The summed E-state index contributed by atoms with van der Waals surface area (Å²) in [6, 6.07) is 2.53. The van der Waals surface area contributed by atoms with Crippen LogP contribution in [0.4, 0.5) is 5.82 Å². The van der Waals surface area contributed by atoms with E-state index in [1.807, 2.05) is 30.2 Å². The van der Waals surface area contributed by atoms with E-state index < -0.39 is 0 Å². The molecule has 20 heavy (non-hydrogen) atoms. The molecule has 5 nitrogen and oxygen atoms in total. The van der Waals surface area contributed by atoms with E-state index in [0.29, 0.717) is 12.0 Å². The van der Waals surface area contributed by atoms with Gasteiger partial charge in [-0.1, -0.05) is 6.42 Å². The van der Waals surface area contributed by atoms with E-state index in [-0.39, 0.29) is 0 Å². The molecule has 2 aromatic heterocycles. The zero-order valence-corrected chi connectivity index (χ0v) is 12.3. The van der Waals surface area contributed by atoms with Crippen LogP contribution in [-0.2, 0) is 7.05 Å². The van der Waals surface area contributed by atoms with Gasteiger partial charge in [-0.05, 0) is 38.3 Å². The Hall–Kier alpha value is -1.62. The maximum atomic E-state index is 5.94. The molecule has 2 atom stereocenters. The van der Waals surface area contributed by atoms with Crippen molar-refractivity contribution in [2.75, 3.05) is 18.0 Å². The molecule has 0 bridgehead atoms. The zero-order chi connectivity index (χ0) is 14.1. The standard InChI is InChI=1S/C15H23N5/c1-3-20(12-6-4-5-11(12)9-16)15-14-13(7-8-17-15)19(2)10-18-14/h7-8,10-12H,3-6,9,16H2,1-2H3. The summed E-state index contributed by atoms with van der Waals surface area (Å²) in [5.74, 6) is 1.59. The molecule has 2 unspecified atom stereocenters. The van der Waals surface area contributed by atoms with Gasteiger partial charge in [0.25, 0.3) is 0 Å². The molecule has 1 aliphatic rings. The lowest BCUT2D eigenvalue weighted by molar-refractivity contribution is 0.460. The first kappa shape index (κ1) is 13.4. The molecule has 0 aliphatic heterocycles. The van der Waals surface area contributed by atoms with Crippen molar-refractivity contribution in [3.63, 3.8) is 0 Å². The van der Waals surface area contributed by atoms with Crippen LogP contribution in [0.2, 0.25) is 0 Å². The first-order chi connectivity index (χ1) is 9.76. The van der Waals surface area contributed by atoms with Crippen molar-refractivity contribution < 1.29 is 0 Å². The van der Waals surface area contributed by atoms with E-state index >= 15 is 0 Å². The highest BCUT2D eigenvalue weighted by atomic mass is 15.2. The summed E-state index contributed by atoms with van der Waals surface area (Å²) in [4.78, 5) is 11.6. The lowest BCUT2D eigenvalue weighted by Gasteiger charge is -2.33. The number of hydrogen-bond donors (Lipinski definition) is 1. The van der Waals surface area contributed by atoms with Gasteiger partial charge in [-0.25, -0.2) is 9.97 Å². The van der Waals surface area contributed by atoms with Crippen LogP contribution < -0.4 is 10.6 Å². The Bertz CT molecular complexity index is 591. The minimum atomic E-state index is 0.505. The third-order valence-corrected chi connectivity index (χ3v) is 4.56. The third kappa shape index (κ3) is 2.06. The number of fused-ring (bicyclic) bond motifs is 1. The van der Waals surface area contributed by atoms with Crippen LogP contribution >= 0.6 is 0 Å². The summed E-state index contributed by atoms with van der Waals surface area (Å²) in [6.07, 6.45) is 7.45. The van der Waals surface area contributed by atoms with Crippen LogP contribution in [-0.4, -0.2) is 33.7 Å². The van der Waals surface area contributed by atoms with Crippen LogP contribution in [0.1, 0.15) is 26.2 Å². The zero-order valence-electron chi connectivity index (χ0n) is 12.3. The Morgan fingerprint density at radius 3 is 3.00 bits per heavy atom. The molecule has 2 N–H and O–H groups in total. The molecule has 0 amide bonds. The van der Waals surface area contributed by atoms with Gasteiger partial charge in [0.2, 0.25) is 0 Å². The molecule has 3 rings (SSSR count). The summed E-state index contributed by atoms with van der Waals surface area (Å²) in [6.45, 7) is 3.90. The number of nitrogens with two attached hydrogens (primary N) is 1. The summed E-state index contributed by atoms with van der Waals surface area (Å²) >= 11 is 0. The lowest BCUT2D eigenvalue weighted by atomic mass is 10.0. The van der Waals surface area contributed by atoms with Crippen molar-refractivity contribution in [3.05, 3.63) is 18.6 Å². The van der Waals surface area contributed by atoms with Crippen molar-refractivity contribution in [3.8, 4) is 0 Å². The molecule has 0 radical (unpaired) electrons. The Labute approximate surface area is 119 Å². The fraction of sp³-hybridized carbons (Fsp3) is 0.600. The highest BCUT2D eigenvalue weighted by Crippen LogP contribution is 2.33. The molecular weight excluding hydrogens is 250 g/mol. The average molecular weight is 273 g/mol. The van der Waals surface area contributed by atoms with Crippen molar-refractivity contribution >= 4 is 16.9 Å². The number of imidazole rings is 1. The molecule has 1 saturated carbocycles. The van der Waals surface area contributed by atoms with E-state index in [4.69, 9.17) is 5.73 Å². The molecule has 1 aliphatic carbocycles. The number of rotatable bonds is 4. The van der Waals surface area contributed by atoms with Crippen LogP contribution in [0, 0.1) is 5.92 Å². The molecule has 2 heterocycles. The average Bonchev–Trinajstić information content (AvgIpc) is 3.08. The van der Waals surface area contributed by atoms with Crippen molar-refractivity contribution in [1.29, 1.82) is 0 Å². The first-order valence-corrected chi connectivity index (χ1v) is 7.49. The quantitative estimate of drug-likeness (QED) is 0.924. The summed E-state index contributed by atoms with van der Waals surface area (Å²) in [7, 11) is 2.02. The number of nitrogens with zero attached hydrogens (tertiary/aromatic N) is 4. The minimum absolute atomic E-state index is 0.505. The molecule has 108 valence electrons. The van der Waals surface area contributed by atoms with Gasteiger partial charge in [-0.3, -0.25) is 0 Å². The molecule has 1 fully saturated rings. The highest BCUT2D eigenvalue weighted by Gasteiger charge is 2.32. The van der Waals surface area contributed by atoms with Crippen LogP contribution in [0.15, 0.2) is 18.6 Å². The normalized spacial score (nSPS) is 22.6. The summed E-state index contributed by atoms with van der Waals surface area (Å²) < 4.78 is 2.05. The van der Waals surface area contributed by atoms with Gasteiger partial charge in [0.1, 0.15) is 5.52 Å². The minimum Gasteiger partial charge on any atom is -0.352 e. The van der Waals surface area contributed by atoms with Crippen LogP contribution in [0.5, 0.6) is 0 Å². The van der Waals surface area contributed by atoms with Crippen LogP contribution in [0.3, 0.4) is 0 Å². The Morgan fingerprint density at radius 1 is 1.40 bits per heavy atom. The van der Waals surface area contributed by atoms with E-state index in [2.05, 4.69) is 21.8 Å². The summed E-state index contributed by atoms with van der Waals surface area (Å²) in [5.41, 5.74) is 8.08.